The van der Waals surface area contributed by atoms with E-state index < -0.39 is 6.16 Å². The van der Waals surface area contributed by atoms with Crippen LogP contribution >= 0.6 is 22.6 Å². The van der Waals surface area contributed by atoms with Crippen LogP contribution < -0.4 is 4.74 Å². The third kappa shape index (κ3) is 4.25. The van der Waals surface area contributed by atoms with Gasteiger partial charge in [-0.1, -0.05) is 40.0 Å². The van der Waals surface area contributed by atoms with Crippen LogP contribution in [0.4, 0.5) is 4.79 Å². The summed E-state index contributed by atoms with van der Waals surface area (Å²) in [4.78, 5) is 10.9. The molecule has 2 N–H and O–H groups in total. The smallest absolute Gasteiger partial charge is 0.504 e. The molecule has 0 spiro atoms. The third-order valence-electron chi connectivity index (χ3n) is 3.38. The summed E-state index contributed by atoms with van der Waals surface area (Å²) in [5.41, 5.74) is 3.14. The zero-order valence-corrected chi connectivity index (χ0v) is 15.0. The van der Waals surface area contributed by atoms with Gasteiger partial charge in [0.25, 0.3) is 0 Å². The molecule has 0 aliphatic rings. The van der Waals surface area contributed by atoms with Gasteiger partial charge >= 0.3 is 6.16 Å². The second kappa shape index (κ2) is 8.46. The fourth-order valence-electron chi connectivity index (χ4n) is 2.60. The van der Waals surface area contributed by atoms with Gasteiger partial charge in [0.15, 0.2) is 11.5 Å². The van der Waals surface area contributed by atoms with E-state index in [0.29, 0.717) is 0 Å². The summed E-state index contributed by atoms with van der Waals surface area (Å²) in [6, 6.07) is 0. The maximum Gasteiger partial charge on any atom is 0.511 e. The maximum atomic E-state index is 10.9. The van der Waals surface area contributed by atoms with Crippen molar-refractivity contribution in [3.05, 3.63) is 20.3 Å². The van der Waals surface area contributed by atoms with Crippen LogP contribution in [0.1, 0.15) is 56.7 Å². The molecule has 0 amide bonds. The monoisotopic (exact) mass is 406 g/mol. The lowest BCUT2D eigenvalue weighted by atomic mass is 9.91. The summed E-state index contributed by atoms with van der Waals surface area (Å²) in [5.74, 6) is 0.0850. The average Bonchev–Trinajstić information content (AvgIpc) is 2.43. The minimum absolute atomic E-state index is 0.00745. The van der Waals surface area contributed by atoms with Crippen LogP contribution in [0.3, 0.4) is 0 Å². The Labute approximate surface area is 139 Å². The Morgan fingerprint density at radius 2 is 1.48 bits per heavy atom. The van der Waals surface area contributed by atoms with Gasteiger partial charge in [0, 0.05) is 5.56 Å². The van der Waals surface area contributed by atoms with Gasteiger partial charge in [0.2, 0.25) is 0 Å². The lowest BCUT2D eigenvalue weighted by Gasteiger charge is -2.20. The first-order valence-corrected chi connectivity index (χ1v) is 8.51. The number of halogens is 1. The van der Waals surface area contributed by atoms with E-state index in [2.05, 4.69) is 36.4 Å². The Balaban J connectivity index is 3.57. The van der Waals surface area contributed by atoms with E-state index in [4.69, 9.17) is 9.84 Å². The van der Waals surface area contributed by atoms with Crippen molar-refractivity contribution < 1.29 is 19.7 Å². The molecule has 4 nitrogen and oxygen atoms in total. The molecule has 0 radical (unpaired) electrons. The molecule has 0 heterocycles. The van der Waals surface area contributed by atoms with Crippen molar-refractivity contribution in [1.82, 2.24) is 0 Å². The predicted molar refractivity (Wildman–Crippen MR) is 91.5 cm³/mol. The van der Waals surface area contributed by atoms with Gasteiger partial charge in [-0.05, 0) is 53.0 Å². The van der Waals surface area contributed by atoms with Crippen LogP contribution in [0.2, 0.25) is 0 Å². The summed E-state index contributed by atoms with van der Waals surface area (Å²) in [5, 5.41) is 19.4. The van der Waals surface area contributed by atoms with Gasteiger partial charge in [-0.2, -0.15) is 0 Å². The lowest BCUT2D eigenvalue weighted by molar-refractivity contribution is 0.142. The highest BCUT2D eigenvalue weighted by molar-refractivity contribution is 14.1. The Kier molecular flexibility index (Phi) is 7.28. The van der Waals surface area contributed by atoms with Crippen molar-refractivity contribution in [2.24, 2.45) is 0 Å². The van der Waals surface area contributed by atoms with E-state index in [-0.39, 0.29) is 11.5 Å². The Bertz CT molecular complexity index is 478. The molecule has 5 heteroatoms. The van der Waals surface area contributed by atoms with Crippen molar-refractivity contribution in [3.8, 4) is 11.5 Å². The fraction of sp³-hybridized carbons (Fsp3) is 0.562. The standard InChI is InChI=1S/C16H23IO4/c1-4-7-10-11(8-5-2)13(17)15(21-16(19)20)14(18)12(10)9-6-3/h18H,4-9H2,1-3H3,(H,19,20). The van der Waals surface area contributed by atoms with Gasteiger partial charge < -0.3 is 14.9 Å². The third-order valence-corrected chi connectivity index (χ3v) is 4.52. The number of aromatic hydroxyl groups is 1. The first-order chi connectivity index (χ1) is 9.97. The number of hydrogen-bond acceptors (Lipinski definition) is 3. The molecular weight excluding hydrogens is 383 g/mol. The van der Waals surface area contributed by atoms with Crippen molar-refractivity contribution in [2.45, 2.75) is 59.3 Å². The fourth-order valence-corrected chi connectivity index (χ4v) is 3.56. The van der Waals surface area contributed by atoms with Gasteiger partial charge in [0.1, 0.15) is 0 Å². The predicted octanol–water partition coefficient (Wildman–Crippen LogP) is 4.91. The van der Waals surface area contributed by atoms with E-state index in [9.17, 15) is 9.90 Å². The molecule has 1 aromatic rings. The SMILES string of the molecule is CCCc1c(O)c(OC(=O)O)c(I)c(CCC)c1CCC. The molecule has 0 atom stereocenters. The largest absolute Gasteiger partial charge is 0.511 e. The quantitative estimate of drug-likeness (QED) is 0.384. The highest BCUT2D eigenvalue weighted by atomic mass is 127. The van der Waals surface area contributed by atoms with Gasteiger partial charge in [0.05, 0.1) is 3.57 Å². The molecule has 1 aromatic carbocycles. The summed E-state index contributed by atoms with van der Waals surface area (Å²) in [7, 11) is 0. The van der Waals surface area contributed by atoms with Gasteiger partial charge in [-0.25, -0.2) is 4.79 Å². The number of phenolic OH excluding ortho intramolecular Hbond substituents is 1. The molecule has 0 aliphatic carbocycles. The molecule has 0 saturated carbocycles. The van der Waals surface area contributed by atoms with Gasteiger partial charge in [-0.3, -0.25) is 0 Å². The summed E-state index contributed by atoms with van der Waals surface area (Å²) < 4.78 is 5.56. The molecule has 0 bridgehead atoms. The normalized spacial score (nSPS) is 10.7. The van der Waals surface area contributed by atoms with E-state index in [1.54, 1.807) is 0 Å². The average molecular weight is 406 g/mol. The molecule has 0 aromatic heterocycles. The van der Waals surface area contributed by atoms with E-state index >= 15 is 0 Å². The maximum absolute atomic E-state index is 10.9. The minimum atomic E-state index is -1.39. The molecule has 0 fully saturated rings. The zero-order valence-electron chi connectivity index (χ0n) is 12.8. The molecule has 0 saturated heterocycles. The second-order valence-corrected chi connectivity index (χ2v) is 6.12. The Morgan fingerprint density at radius 3 is 1.95 bits per heavy atom. The zero-order chi connectivity index (χ0) is 16.0. The van der Waals surface area contributed by atoms with Crippen LogP contribution in [0.25, 0.3) is 0 Å². The molecule has 0 aliphatic heterocycles. The van der Waals surface area contributed by atoms with Crippen molar-refractivity contribution in [2.75, 3.05) is 0 Å². The summed E-state index contributed by atoms with van der Waals surface area (Å²) in [6.45, 7) is 6.25. The number of carboxylic acid groups (broad SMARTS) is 1. The van der Waals surface area contributed by atoms with Gasteiger partial charge in [-0.15, -0.1) is 0 Å². The number of benzene rings is 1. The van der Waals surface area contributed by atoms with Crippen LogP contribution in [-0.4, -0.2) is 16.4 Å². The Morgan fingerprint density at radius 1 is 1.00 bits per heavy atom. The number of ether oxygens (including phenoxy) is 1. The number of phenols is 1. The number of hydrogen-bond donors (Lipinski definition) is 2. The topological polar surface area (TPSA) is 66.8 Å². The molecule has 0 unspecified atom stereocenters. The van der Waals surface area contributed by atoms with E-state index in [0.717, 1.165) is 53.2 Å². The lowest BCUT2D eigenvalue weighted by Crippen LogP contribution is -2.10. The second-order valence-electron chi connectivity index (χ2n) is 5.05. The van der Waals surface area contributed by atoms with E-state index in [1.807, 2.05) is 6.92 Å². The summed E-state index contributed by atoms with van der Waals surface area (Å²) in [6.07, 6.45) is 3.93. The highest BCUT2D eigenvalue weighted by Gasteiger charge is 2.23. The molecule has 1 rings (SSSR count). The Hall–Kier alpha value is -0.980. The van der Waals surface area contributed by atoms with Crippen LogP contribution in [0.15, 0.2) is 0 Å². The molecule has 118 valence electrons. The minimum Gasteiger partial charge on any atom is -0.504 e. The van der Waals surface area contributed by atoms with Crippen molar-refractivity contribution >= 4 is 28.7 Å². The van der Waals surface area contributed by atoms with Crippen LogP contribution in [0.5, 0.6) is 11.5 Å². The number of rotatable bonds is 7. The number of carbonyl (C=O) groups is 1. The van der Waals surface area contributed by atoms with Crippen molar-refractivity contribution in [1.29, 1.82) is 0 Å². The van der Waals surface area contributed by atoms with Crippen LogP contribution in [0, 0.1) is 3.57 Å². The highest BCUT2D eigenvalue weighted by Crippen LogP contribution is 2.42. The van der Waals surface area contributed by atoms with Crippen LogP contribution in [-0.2, 0) is 19.3 Å². The van der Waals surface area contributed by atoms with E-state index in [1.165, 1.54) is 5.56 Å². The molecular formula is C16H23IO4. The summed E-state index contributed by atoms with van der Waals surface area (Å²) >= 11 is 2.09. The van der Waals surface area contributed by atoms with Crippen molar-refractivity contribution in [3.63, 3.8) is 0 Å². The first-order valence-electron chi connectivity index (χ1n) is 7.43. The first kappa shape index (κ1) is 18.1. The molecule has 21 heavy (non-hydrogen) atoms.